The molecule has 5 nitrogen and oxygen atoms in total. The molecule has 1 aromatic heterocycles. The van der Waals surface area contributed by atoms with Crippen LogP contribution in [0.5, 0.6) is 0 Å². The van der Waals surface area contributed by atoms with E-state index in [1.807, 2.05) is 0 Å². The Bertz CT molecular complexity index is 922. The van der Waals surface area contributed by atoms with E-state index in [-0.39, 0.29) is 16.8 Å². The molecule has 1 aromatic carbocycles. The van der Waals surface area contributed by atoms with Crippen molar-refractivity contribution in [1.82, 2.24) is 4.98 Å². The lowest BCUT2D eigenvalue weighted by Gasteiger charge is -2.06. The van der Waals surface area contributed by atoms with Crippen LogP contribution in [0.3, 0.4) is 0 Å². The first-order valence-electron chi connectivity index (χ1n) is 6.86. The second-order valence-electron chi connectivity index (χ2n) is 5.00. The van der Waals surface area contributed by atoms with Gasteiger partial charge in [0.15, 0.2) is 0 Å². The lowest BCUT2D eigenvalue weighted by Crippen LogP contribution is -2.14. The van der Waals surface area contributed by atoms with Gasteiger partial charge in [-0.2, -0.15) is 0 Å². The predicted octanol–water partition coefficient (Wildman–Crippen LogP) is 3.03. The highest BCUT2D eigenvalue weighted by Gasteiger charge is 2.10. The molecule has 7 heteroatoms. The van der Waals surface area contributed by atoms with Crippen LogP contribution in [0.15, 0.2) is 47.4 Å². The molecule has 4 N–H and O–H groups in total. The molecule has 0 amide bonds. The number of hydrogen-bond donors (Lipinski definition) is 3. The van der Waals surface area contributed by atoms with E-state index in [0.29, 0.717) is 5.56 Å². The van der Waals surface area contributed by atoms with Crippen LogP contribution in [0.4, 0.5) is 14.5 Å². The maximum atomic E-state index is 14.5. The van der Waals surface area contributed by atoms with Gasteiger partial charge in [-0.3, -0.25) is 4.79 Å². The Morgan fingerprint density at radius 3 is 2.50 bits per heavy atom. The van der Waals surface area contributed by atoms with E-state index in [9.17, 15) is 18.4 Å². The number of aromatic nitrogens is 1. The normalized spacial score (nSPS) is 10.1. The van der Waals surface area contributed by atoms with Crippen molar-refractivity contribution in [2.24, 2.45) is 0 Å². The number of carbonyl (C=O) groups is 1. The number of carboxylic acid groups (broad SMARTS) is 1. The zero-order valence-electron chi connectivity index (χ0n) is 12.6. The highest BCUT2D eigenvalue weighted by molar-refractivity contribution is 5.86. The van der Waals surface area contributed by atoms with Crippen molar-refractivity contribution in [2.45, 2.75) is 6.92 Å². The monoisotopic (exact) mass is 332 g/mol. The number of carboxylic acids is 1. The molecule has 0 unspecified atom stereocenters. The standard InChI is InChI=1S/C17H14F2N2O3/c1-9-3-2-4-11(17(23)24)16(22)21-8-13(19)15(9)10-5-6-14(20)12(18)7-10/h2-8H,20H2,1H3,(H,21,22)(H,23,24). The van der Waals surface area contributed by atoms with E-state index in [1.165, 1.54) is 24.3 Å². The molecule has 0 atom stereocenters. The molecule has 0 bridgehead atoms. The van der Waals surface area contributed by atoms with Gasteiger partial charge >= 0.3 is 5.97 Å². The number of halogens is 2. The molecule has 0 saturated heterocycles. The van der Waals surface area contributed by atoms with E-state index in [4.69, 9.17) is 10.8 Å². The van der Waals surface area contributed by atoms with Gasteiger partial charge in [-0.05, 0) is 36.2 Å². The van der Waals surface area contributed by atoms with Crippen LogP contribution in [-0.4, -0.2) is 16.1 Å². The maximum Gasteiger partial charge on any atom is 0.341 e. The van der Waals surface area contributed by atoms with Crippen molar-refractivity contribution < 1.29 is 18.7 Å². The first kappa shape index (κ1) is 17.1. The third kappa shape index (κ3) is 3.57. The van der Waals surface area contributed by atoms with Crippen LogP contribution < -0.4 is 11.3 Å². The Hall–Kier alpha value is -3.22. The van der Waals surface area contributed by atoms with Crippen molar-refractivity contribution in [3.8, 4) is 11.1 Å². The number of nitrogens with two attached hydrogens (primary N) is 1. The summed E-state index contributed by atoms with van der Waals surface area (Å²) in [6.45, 7) is 1.57. The Morgan fingerprint density at radius 2 is 1.88 bits per heavy atom. The molecule has 0 spiro atoms. The van der Waals surface area contributed by atoms with Gasteiger partial charge in [0, 0.05) is 11.8 Å². The van der Waals surface area contributed by atoms with Crippen molar-refractivity contribution in [3.05, 3.63) is 75.7 Å². The Balaban J connectivity index is 2.81. The number of aromatic amines is 1. The molecule has 0 fully saturated rings. The van der Waals surface area contributed by atoms with Crippen LogP contribution in [0, 0.1) is 18.6 Å². The number of rotatable bonds is 2. The Labute approximate surface area is 135 Å². The number of aromatic carboxylic acids is 1. The fourth-order valence-corrected chi connectivity index (χ4v) is 2.13. The molecule has 2 aromatic rings. The summed E-state index contributed by atoms with van der Waals surface area (Å²) in [6.07, 6.45) is 0.741. The Morgan fingerprint density at radius 1 is 1.17 bits per heavy atom. The highest BCUT2D eigenvalue weighted by Crippen LogP contribution is 2.27. The summed E-state index contributed by atoms with van der Waals surface area (Å²) < 4.78 is 28.2. The smallest absolute Gasteiger partial charge is 0.341 e. The van der Waals surface area contributed by atoms with Crippen molar-refractivity contribution >= 4 is 11.7 Å². The molecule has 124 valence electrons. The zero-order valence-corrected chi connectivity index (χ0v) is 12.6. The largest absolute Gasteiger partial charge is 0.477 e. The first-order valence-corrected chi connectivity index (χ1v) is 6.86. The summed E-state index contributed by atoms with van der Waals surface area (Å²) in [5, 5.41) is 8.96. The lowest BCUT2D eigenvalue weighted by molar-refractivity contribution is 0.0695. The summed E-state index contributed by atoms with van der Waals surface area (Å²) in [6, 6.07) is 7.68. The van der Waals surface area contributed by atoms with E-state index in [1.54, 1.807) is 6.92 Å². The van der Waals surface area contributed by atoms with Gasteiger partial charge in [-0.25, -0.2) is 13.6 Å². The number of aryl methyl sites for hydroxylation is 1. The van der Waals surface area contributed by atoms with Gasteiger partial charge in [0.25, 0.3) is 5.56 Å². The molecule has 0 radical (unpaired) electrons. The number of benzene rings is 1. The van der Waals surface area contributed by atoms with Gasteiger partial charge < -0.3 is 15.8 Å². The molecule has 1 heterocycles. The lowest BCUT2D eigenvalue weighted by atomic mass is 10.0. The van der Waals surface area contributed by atoms with E-state index < -0.39 is 28.7 Å². The Kier molecular flexibility index (Phi) is 4.93. The predicted molar refractivity (Wildman–Crippen MR) is 86.2 cm³/mol. The van der Waals surface area contributed by atoms with E-state index >= 15 is 0 Å². The summed E-state index contributed by atoms with van der Waals surface area (Å²) in [4.78, 5) is 24.8. The first-order chi connectivity index (χ1) is 11.3. The van der Waals surface area contributed by atoms with E-state index in [2.05, 4.69) is 4.98 Å². The summed E-state index contributed by atoms with van der Waals surface area (Å²) in [5.41, 5.74) is 4.53. The SMILES string of the molecule is Cc1cccc(C(=O)O)c(=O)[nH]cc(F)c1-c1ccc(N)c(F)c1. The third-order valence-corrected chi connectivity index (χ3v) is 3.34. The number of H-pyrrole nitrogens is 1. The second kappa shape index (κ2) is 6.91. The molecule has 24 heavy (non-hydrogen) atoms. The van der Waals surface area contributed by atoms with Crippen molar-refractivity contribution in [2.75, 3.05) is 5.73 Å². The summed E-state index contributed by atoms with van der Waals surface area (Å²) in [7, 11) is 0. The second-order valence-corrected chi connectivity index (χ2v) is 5.00. The average molecular weight is 332 g/mol. The van der Waals surface area contributed by atoms with E-state index in [0.717, 1.165) is 18.3 Å². The minimum atomic E-state index is -1.44. The van der Waals surface area contributed by atoms with Gasteiger partial charge in [-0.15, -0.1) is 0 Å². The highest BCUT2D eigenvalue weighted by atomic mass is 19.1. The number of anilines is 1. The summed E-state index contributed by atoms with van der Waals surface area (Å²) in [5.74, 6) is -2.98. The topological polar surface area (TPSA) is 96.2 Å². The van der Waals surface area contributed by atoms with Crippen molar-refractivity contribution in [1.29, 1.82) is 0 Å². The molecule has 0 aliphatic rings. The number of hydrogen-bond acceptors (Lipinski definition) is 3. The molecule has 2 rings (SSSR count). The minimum absolute atomic E-state index is 0.0534. The average Bonchev–Trinajstić information content (AvgIpc) is 2.52. The fourth-order valence-electron chi connectivity index (χ4n) is 2.13. The molecular formula is C17H14F2N2O3. The minimum Gasteiger partial charge on any atom is -0.477 e. The summed E-state index contributed by atoms with van der Waals surface area (Å²) >= 11 is 0. The quantitative estimate of drug-likeness (QED) is 0.737. The number of nitrogen functional groups attached to an aromatic ring is 1. The van der Waals surface area contributed by atoms with Gasteiger partial charge in [-0.1, -0.05) is 18.2 Å². The van der Waals surface area contributed by atoms with Gasteiger partial charge in [0.1, 0.15) is 17.2 Å². The van der Waals surface area contributed by atoms with Crippen LogP contribution in [-0.2, 0) is 0 Å². The van der Waals surface area contributed by atoms with Crippen LogP contribution >= 0.6 is 0 Å². The fraction of sp³-hybridized carbons (Fsp3) is 0.0588. The van der Waals surface area contributed by atoms with Crippen molar-refractivity contribution in [3.63, 3.8) is 0 Å². The van der Waals surface area contributed by atoms with Crippen LogP contribution in [0.1, 0.15) is 15.9 Å². The van der Waals surface area contributed by atoms with Gasteiger partial charge in [0.2, 0.25) is 0 Å². The molecular weight excluding hydrogens is 318 g/mol. The number of nitrogens with one attached hydrogen (secondary N) is 1. The molecule has 0 aliphatic carbocycles. The third-order valence-electron chi connectivity index (χ3n) is 3.34. The van der Waals surface area contributed by atoms with Crippen LogP contribution in [0.25, 0.3) is 11.1 Å². The zero-order chi connectivity index (χ0) is 17.9. The van der Waals surface area contributed by atoms with Crippen LogP contribution in [0.2, 0.25) is 0 Å². The molecule has 0 saturated carbocycles. The molecule has 0 aliphatic heterocycles. The van der Waals surface area contributed by atoms with Gasteiger partial charge in [0.05, 0.1) is 5.69 Å². The maximum absolute atomic E-state index is 14.5.